The van der Waals surface area contributed by atoms with Gasteiger partial charge in [0.15, 0.2) is 0 Å². The monoisotopic (exact) mass is 371 g/mol. The Hall–Kier alpha value is -1.40. The third-order valence-electron chi connectivity index (χ3n) is 2.74. The fraction of sp³-hybridized carbons (Fsp3) is 0.200. The molecule has 0 aliphatic rings. The zero-order valence-corrected chi connectivity index (χ0v) is 13.8. The summed E-state index contributed by atoms with van der Waals surface area (Å²) in [6, 6.07) is 11.6. The fourth-order valence-corrected chi connectivity index (χ4v) is 2.53. The summed E-state index contributed by atoms with van der Waals surface area (Å²) in [6.07, 6.45) is 0. The van der Waals surface area contributed by atoms with Gasteiger partial charge in [0.05, 0.1) is 5.69 Å². The van der Waals surface area contributed by atoms with Gasteiger partial charge in [-0.15, -0.1) is 0 Å². The molecule has 0 spiro atoms. The molecule has 0 bridgehead atoms. The van der Waals surface area contributed by atoms with E-state index < -0.39 is 11.0 Å². The number of hydrogen-bond donors (Lipinski definition) is 1. The second-order valence-electron chi connectivity index (χ2n) is 4.29. The molecule has 1 atom stereocenters. The van der Waals surface area contributed by atoms with Crippen LogP contribution in [0.3, 0.4) is 0 Å². The fourth-order valence-electron chi connectivity index (χ4n) is 1.64. The maximum atomic E-state index is 12.9. The summed E-state index contributed by atoms with van der Waals surface area (Å²) >= 11 is 3.38. The number of benzene rings is 2. The number of hydrogen-bond acceptors (Lipinski definition) is 2. The van der Waals surface area contributed by atoms with Crippen molar-refractivity contribution in [2.24, 2.45) is 0 Å². The van der Waals surface area contributed by atoms with Crippen molar-refractivity contribution in [2.45, 2.75) is 13.5 Å². The average molecular weight is 372 g/mol. The Kier molecular flexibility index (Phi) is 5.76. The minimum atomic E-state index is -1.14. The molecule has 0 saturated heterocycles. The minimum Gasteiger partial charge on any atom is -0.487 e. The minimum absolute atomic E-state index is 0.276. The molecule has 0 fully saturated rings. The maximum absolute atomic E-state index is 12.9. The van der Waals surface area contributed by atoms with Gasteiger partial charge in [0.2, 0.25) is 0 Å². The highest BCUT2D eigenvalue weighted by atomic mass is 79.9. The summed E-state index contributed by atoms with van der Waals surface area (Å²) in [4.78, 5) is 0. The molecule has 1 N–H and O–H groups in total. The van der Waals surface area contributed by atoms with E-state index in [0.717, 1.165) is 10.0 Å². The van der Waals surface area contributed by atoms with Crippen molar-refractivity contribution in [1.29, 1.82) is 0 Å². The highest BCUT2D eigenvalue weighted by Gasteiger charge is 2.07. The van der Waals surface area contributed by atoms with Crippen molar-refractivity contribution in [3.8, 4) is 5.75 Å². The topological polar surface area (TPSA) is 38.3 Å². The second-order valence-corrected chi connectivity index (χ2v) is 6.68. The van der Waals surface area contributed by atoms with E-state index in [0.29, 0.717) is 23.8 Å². The van der Waals surface area contributed by atoms with Crippen molar-refractivity contribution < 1.29 is 13.3 Å². The zero-order chi connectivity index (χ0) is 15.2. The lowest BCUT2D eigenvalue weighted by atomic mass is 10.2. The van der Waals surface area contributed by atoms with E-state index in [-0.39, 0.29) is 5.82 Å². The molecule has 0 radical (unpaired) electrons. The Bertz CT molecular complexity index is 634. The molecule has 3 nitrogen and oxygen atoms in total. The molecule has 0 heterocycles. The van der Waals surface area contributed by atoms with Gasteiger partial charge in [-0.25, -0.2) is 8.60 Å². The number of ether oxygens (including phenoxy) is 1. The van der Waals surface area contributed by atoms with Gasteiger partial charge in [0.25, 0.3) is 0 Å². The molecule has 0 aromatic heterocycles. The van der Waals surface area contributed by atoms with Gasteiger partial charge in [0.1, 0.15) is 29.2 Å². The normalized spacial score (nSPS) is 12.0. The third-order valence-corrected chi connectivity index (χ3v) is 4.20. The van der Waals surface area contributed by atoms with Crippen LogP contribution >= 0.6 is 15.9 Å². The molecule has 1 unspecified atom stereocenters. The molecule has 0 saturated carbocycles. The molecule has 21 heavy (non-hydrogen) atoms. The van der Waals surface area contributed by atoms with Crippen LogP contribution < -0.4 is 9.46 Å². The third kappa shape index (κ3) is 4.82. The van der Waals surface area contributed by atoms with Crippen molar-refractivity contribution >= 4 is 32.6 Å². The number of anilines is 1. The maximum Gasteiger partial charge on any atom is 0.144 e. The first-order valence-electron chi connectivity index (χ1n) is 6.40. The van der Waals surface area contributed by atoms with E-state index >= 15 is 0 Å². The van der Waals surface area contributed by atoms with Crippen LogP contribution in [-0.4, -0.2) is 9.96 Å². The van der Waals surface area contributed by atoms with Crippen LogP contribution in [0.2, 0.25) is 0 Å². The summed E-state index contributed by atoms with van der Waals surface area (Å²) in [7, 11) is -1.14. The zero-order valence-electron chi connectivity index (χ0n) is 11.4. The number of halogens is 2. The molecule has 2 aromatic rings. The summed E-state index contributed by atoms with van der Waals surface area (Å²) in [5.41, 5.74) is 1.53. The number of rotatable bonds is 6. The summed E-state index contributed by atoms with van der Waals surface area (Å²) < 4.78 is 34.0. The molecular formula is C15H15BrFNO2S. The predicted octanol–water partition coefficient (Wildman–Crippen LogP) is 4.26. The van der Waals surface area contributed by atoms with Crippen LogP contribution in [0.5, 0.6) is 5.75 Å². The first-order chi connectivity index (χ1) is 10.1. The van der Waals surface area contributed by atoms with E-state index in [2.05, 4.69) is 20.7 Å². The highest BCUT2D eigenvalue weighted by Crippen LogP contribution is 2.29. The molecule has 112 valence electrons. The van der Waals surface area contributed by atoms with E-state index in [1.807, 2.05) is 13.0 Å². The van der Waals surface area contributed by atoms with Crippen molar-refractivity contribution in [1.82, 2.24) is 0 Å². The quantitative estimate of drug-likeness (QED) is 0.823. The van der Waals surface area contributed by atoms with E-state index in [9.17, 15) is 8.60 Å². The molecule has 0 amide bonds. The van der Waals surface area contributed by atoms with Crippen molar-refractivity contribution in [2.75, 3.05) is 10.5 Å². The standard InChI is InChI=1S/C15H15BrFNO2S/c1-2-21(19)18-14-8-5-12(16)9-15(14)20-10-11-3-6-13(17)7-4-11/h3-9,18H,2,10H2,1H3. The van der Waals surface area contributed by atoms with Gasteiger partial charge in [-0.05, 0) is 35.9 Å². The van der Waals surface area contributed by atoms with Gasteiger partial charge in [-0.2, -0.15) is 0 Å². The lowest BCUT2D eigenvalue weighted by Crippen LogP contribution is -2.08. The summed E-state index contributed by atoms with van der Waals surface area (Å²) in [5.74, 6) is 0.824. The summed E-state index contributed by atoms with van der Waals surface area (Å²) in [5, 5.41) is 0. The molecule has 2 aromatic carbocycles. The first-order valence-corrected chi connectivity index (χ1v) is 8.51. The van der Waals surface area contributed by atoms with Crippen LogP contribution in [-0.2, 0) is 17.6 Å². The van der Waals surface area contributed by atoms with E-state index in [1.54, 1.807) is 24.3 Å². The Labute approximate surface area is 134 Å². The molecule has 0 aliphatic heterocycles. The highest BCUT2D eigenvalue weighted by molar-refractivity contribution is 9.10. The lowest BCUT2D eigenvalue weighted by Gasteiger charge is -2.13. The van der Waals surface area contributed by atoms with Crippen LogP contribution in [0.4, 0.5) is 10.1 Å². The molecule has 6 heteroatoms. The molecular weight excluding hydrogens is 357 g/mol. The van der Waals surface area contributed by atoms with Crippen LogP contribution in [0.1, 0.15) is 12.5 Å². The van der Waals surface area contributed by atoms with Gasteiger partial charge in [-0.1, -0.05) is 35.0 Å². The van der Waals surface area contributed by atoms with Gasteiger partial charge < -0.3 is 9.46 Å². The average Bonchev–Trinajstić information content (AvgIpc) is 2.49. The molecule has 0 aliphatic carbocycles. The van der Waals surface area contributed by atoms with Crippen molar-refractivity contribution in [3.05, 3.63) is 58.3 Å². The summed E-state index contributed by atoms with van der Waals surface area (Å²) in [6.45, 7) is 2.14. The van der Waals surface area contributed by atoms with Gasteiger partial charge in [-0.3, -0.25) is 0 Å². The second kappa shape index (κ2) is 7.56. The van der Waals surface area contributed by atoms with Crippen molar-refractivity contribution in [3.63, 3.8) is 0 Å². The van der Waals surface area contributed by atoms with Crippen LogP contribution in [0.15, 0.2) is 46.9 Å². The van der Waals surface area contributed by atoms with Gasteiger partial charge >= 0.3 is 0 Å². The predicted molar refractivity (Wildman–Crippen MR) is 87.2 cm³/mol. The van der Waals surface area contributed by atoms with E-state index in [4.69, 9.17) is 4.74 Å². The largest absolute Gasteiger partial charge is 0.487 e. The number of nitrogens with one attached hydrogen (secondary N) is 1. The van der Waals surface area contributed by atoms with Crippen LogP contribution in [0.25, 0.3) is 0 Å². The van der Waals surface area contributed by atoms with Crippen LogP contribution in [0, 0.1) is 5.82 Å². The Morgan fingerprint density at radius 2 is 1.95 bits per heavy atom. The Balaban J connectivity index is 2.12. The Morgan fingerprint density at radius 1 is 1.24 bits per heavy atom. The smallest absolute Gasteiger partial charge is 0.144 e. The van der Waals surface area contributed by atoms with E-state index in [1.165, 1.54) is 12.1 Å². The Morgan fingerprint density at radius 3 is 2.62 bits per heavy atom. The molecule has 2 rings (SSSR count). The first kappa shape index (κ1) is 16.0. The van der Waals surface area contributed by atoms with Gasteiger partial charge in [0, 0.05) is 10.2 Å². The lowest BCUT2D eigenvalue weighted by molar-refractivity contribution is 0.307. The SMILES string of the molecule is CCS(=O)Nc1ccc(Br)cc1OCc1ccc(F)cc1.